The molecule has 0 saturated carbocycles. The van der Waals surface area contributed by atoms with Crippen molar-refractivity contribution in [3.63, 3.8) is 0 Å². The van der Waals surface area contributed by atoms with Gasteiger partial charge in [0.05, 0.1) is 6.26 Å². The van der Waals surface area contributed by atoms with E-state index >= 15 is 0 Å². The molecular weight excluding hydrogens is 190 g/mol. The monoisotopic (exact) mass is 209 g/mol. The van der Waals surface area contributed by atoms with Gasteiger partial charge < -0.3 is 0 Å². The van der Waals surface area contributed by atoms with E-state index in [1.807, 2.05) is 0 Å². The molecule has 74 valence electrons. The molecule has 0 aromatic carbocycles. The van der Waals surface area contributed by atoms with Crippen molar-refractivity contribution < 1.29 is 8.42 Å². The Morgan fingerprint density at radius 3 is 2.08 bits per heavy atom. The topological polar surface area (TPSA) is 46.2 Å². The molecule has 0 spiro atoms. The van der Waals surface area contributed by atoms with Crippen LogP contribution < -0.4 is 4.72 Å². The van der Waals surface area contributed by atoms with Crippen molar-refractivity contribution in [3.05, 3.63) is 0 Å². The van der Waals surface area contributed by atoms with Crippen LogP contribution in [0.1, 0.15) is 6.42 Å². The van der Waals surface area contributed by atoms with E-state index in [1.54, 1.807) is 0 Å². The lowest BCUT2D eigenvalue weighted by atomic mass is 10.5. The van der Waals surface area contributed by atoms with Crippen LogP contribution in [0.15, 0.2) is 0 Å². The molecule has 3 nitrogen and oxygen atoms in total. The second kappa shape index (κ2) is 4.39. The van der Waals surface area contributed by atoms with Crippen molar-refractivity contribution >= 4 is 18.1 Å². The zero-order chi connectivity index (χ0) is 9.83. The summed E-state index contributed by atoms with van der Waals surface area (Å²) in [7, 11) is -3.96. The Hall–Kier alpha value is 0.127. The first kappa shape index (κ1) is 12.1. The van der Waals surface area contributed by atoms with E-state index in [4.69, 9.17) is 0 Å². The van der Waals surface area contributed by atoms with Gasteiger partial charge in [0.25, 0.3) is 0 Å². The molecule has 0 fully saturated rings. The number of hydrogen-bond acceptors (Lipinski definition) is 2. The van der Waals surface area contributed by atoms with Crippen LogP contribution in [0.3, 0.4) is 0 Å². The van der Waals surface area contributed by atoms with E-state index in [9.17, 15) is 8.42 Å². The Morgan fingerprint density at radius 2 is 1.75 bits per heavy atom. The summed E-state index contributed by atoms with van der Waals surface area (Å²) in [5.41, 5.74) is 0. The van der Waals surface area contributed by atoms with Crippen LogP contribution in [0.5, 0.6) is 0 Å². The molecule has 0 rings (SSSR count). The molecule has 0 radical (unpaired) electrons. The highest BCUT2D eigenvalue weighted by molar-refractivity contribution is 7.88. The van der Waals surface area contributed by atoms with Gasteiger partial charge in [-0.3, -0.25) is 0 Å². The third-order valence-electron chi connectivity index (χ3n) is 1.47. The highest BCUT2D eigenvalue weighted by Gasteiger charge is 2.11. The summed E-state index contributed by atoms with van der Waals surface area (Å²) in [4.78, 5) is 0. The minimum absolute atomic E-state index is 0.586. The van der Waals surface area contributed by atoms with Gasteiger partial charge in [-0.1, -0.05) is 25.7 Å². The van der Waals surface area contributed by atoms with Crippen LogP contribution in [0, 0.1) is 0 Å². The van der Waals surface area contributed by atoms with Crippen LogP contribution in [-0.4, -0.2) is 29.3 Å². The van der Waals surface area contributed by atoms with E-state index in [-0.39, 0.29) is 0 Å². The highest BCUT2D eigenvalue weighted by atomic mass is 32.2. The van der Waals surface area contributed by atoms with E-state index in [0.717, 1.165) is 6.42 Å². The molecule has 0 aliphatic rings. The van der Waals surface area contributed by atoms with Gasteiger partial charge in [-0.05, 0) is 6.42 Å². The molecule has 5 heteroatoms. The zero-order valence-electron chi connectivity index (χ0n) is 8.35. The van der Waals surface area contributed by atoms with Gasteiger partial charge in [0.1, 0.15) is 0 Å². The van der Waals surface area contributed by atoms with E-state index in [1.165, 1.54) is 12.3 Å². The SMILES string of the molecule is C[Si](C)(C)CCCNS(C)(=O)=O. The Balaban J connectivity index is 3.48. The number of hydrogen-bond donors (Lipinski definition) is 1. The molecule has 0 aromatic rings. The maximum atomic E-state index is 10.7. The Kier molecular flexibility index (Phi) is 4.43. The average Bonchev–Trinajstić information content (AvgIpc) is 1.76. The molecule has 0 aromatic heterocycles. The molecule has 0 saturated heterocycles. The quantitative estimate of drug-likeness (QED) is 0.547. The first-order valence-electron chi connectivity index (χ1n) is 4.15. The summed E-state index contributed by atoms with van der Waals surface area (Å²) >= 11 is 0. The molecule has 0 amide bonds. The predicted molar refractivity (Wildman–Crippen MR) is 55.6 cm³/mol. The molecule has 0 heterocycles. The second-order valence-electron chi connectivity index (χ2n) is 4.33. The molecule has 0 aliphatic carbocycles. The highest BCUT2D eigenvalue weighted by Crippen LogP contribution is 2.09. The fourth-order valence-electron chi connectivity index (χ4n) is 0.876. The van der Waals surface area contributed by atoms with E-state index in [0.29, 0.717) is 6.54 Å². The van der Waals surface area contributed by atoms with Gasteiger partial charge in [-0.25, -0.2) is 13.1 Å². The van der Waals surface area contributed by atoms with Crippen LogP contribution in [0.2, 0.25) is 25.7 Å². The van der Waals surface area contributed by atoms with Crippen LogP contribution in [-0.2, 0) is 10.0 Å². The lowest BCUT2D eigenvalue weighted by Crippen LogP contribution is -2.26. The van der Waals surface area contributed by atoms with E-state index < -0.39 is 18.1 Å². The molecule has 0 unspecified atom stereocenters. The normalized spacial score (nSPS) is 13.3. The Labute approximate surface area is 76.6 Å². The van der Waals surface area contributed by atoms with Gasteiger partial charge in [-0.15, -0.1) is 0 Å². The summed E-state index contributed by atoms with van der Waals surface area (Å²) in [5, 5.41) is 0. The second-order valence-corrected chi connectivity index (χ2v) is 11.8. The van der Waals surface area contributed by atoms with Crippen molar-refractivity contribution in [2.75, 3.05) is 12.8 Å². The van der Waals surface area contributed by atoms with Crippen LogP contribution in [0.4, 0.5) is 0 Å². The number of sulfonamides is 1. The molecule has 1 N–H and O–H groups in total. The van der Waals surface area contributed by atoms with Gasteiger partial charge in [0.15, 0.2) is 0 Å². The van der Waals surface area contributed by atoms with Crippen LogP contribution >= 0.6 is 0 Å². The van der Waals surface area contributed by atoms with Crippen molar-refractivity contribution in [3.8, 4) is 0 Å². The first-order chi connectivity index (χ1) is 5.21. The van der Waals surface area contributed by atoms with Crippen LogP contribution in [0.25, 0.3) is 0 Å². The summed E-state index contributed by atoms with van der Waals surface area (Å²) in [6.45, 7) is 7.44. The smallest absolute Gasteiger partial charge is 0.208 e. The summed E-state index contributed by atoms with van der Waals surface area (Å²) in [6, 6.07) is 1.18. The average molecular weight is 209 g/mol. The lowest BCUT2D eigenvalue weighted by molar-refractivity contribution is 0.587. The van der Waals surface area contributed by atoms with Crippen molar-refractivity contribution in [2.24, 2.45) is 0 Å². The third-order valence-corrected chi connectivity index (χ3v) is 4.05. The van der Waals surface area contributed by atoms with Crippen molar-refractivity contribution in [2.45, 2.75) is 32.1 Å². The largest absolute Gasteiger partial charge is 0.215 e. The van der Waals surface area contributed by atoms with Crippen molar-refractivity contribution in [1.29, 1.82) is 0 Å². The lowest BCUT2D eigenvalue weighted by Gasteiger charge is -2.14. The standard InChI is InChI=1S/C7H19NO2SSi/c1-11(9,10)8-6-5-7-12(2,3)4/h8H,5-7H2,1-4H3. The fourth-order valence-corrected chi connectivity index (χ4v) is 2.63. The zero-order valence-corrected chi connectivity index (χ0v) is 10.2. The van der Waals surface area contributed by atoms with Gasteiger partial charge in [-0.2, -0.15) is 0 Å². The summed E-state index contributed by atoms with van der Waals surface area (Å²) in [5.74, 6) is 0. The maximum Gasteiger partial charge on any atom is 0.208 e. The third kappa shape index (κ3) is 10.1. The minimum Gasteiger partial charge on any atom is -0.215 e. The molecular formula is C7H19NO2SSi. The summed E-state index contributed by atoms with van der Waals surface area (Å²) < 4.78 is 23.8. The van der Waals surface area contributed by atoms with Gasteiger partial charge in [0, 0.05) is 14.6 Å². The molecule has 0 aliphatic heterocycles. The fraction of sp³-hybridized carbons (Fsp3) is 1.00. The van der Waals surface area contributed by atoms with Gasteiger partial charge in [0.2, 0.25) is 10.0 Å². The Morgan fingerprint density at radius 1 is 1.25 bits per heavy atom. The Bertz CT molecular complexity index is 218. The molecule has 0 bridgehead atoms. The number of rotatable bonds is 5. The predicted octanol–water partition coefficient (Wildman–Crippen LogP) is 1.26. The van der Waals surface area contributed by atoms with E-state index in [2.05, 4.69) is 24.4 Å². The van der Waals surface area contributed by atoms with Crippen molar-refractivity contribution in [1.82, 2.24) is 4.72 Å². The number of nitrogens with one attached hydrogen (secondary N) is 1. The van der Waals surface area contributed by atoms with Gasteiger partial charge >= 0.3 is 0 Å². The summed E-state index contributed by atoms with van der Waals surface area (Å²) in [6.07, 6.45) is 2.16. The minimum atomic E-state index is -2.98. The first-order valence-corrected chi connectivity index (χ1v) is 9.75. The molecule has 12 heavy (non-hydrogen) atoms. The molecule has 0 atom stereocenters. The maximum absolute atomic E-state index is 10.7.